The maximum atomic E-state index is 12.9. The van der Waals surface area contributed by atoms with E-state index < -0.39 is 0 Å². The van der Waals surface area contributed by atoms with Gasteiger partial charge in [0.25, 0.3) is 0 Å². The van der Waals surface area contributed by atoms with Crippen LogP contribution in [0.4, 0.5) is 10.3 Å². The van der Waals surface area contributed by atoms with Crippen LogP contribution in [0.2, 0.25) is 0 Å². The van der Waals surface area contributed by atoms with Gasteiger partial charge in [-0.05, 0) is 49.9 Å². The summed E-state index contributed by atoms with van der Waals surface area (Å²) < 4.78 is 26.7. The fraction of sp³-hybridized carbons (Fsp3) is 0.579. The van der Waals surface area contributed by atoms with Gasteiger partial charge in [-0.15, -0.1) is 10.2 Å². The van der Waals surface area contributed by atoms with E-state index in [1.165, 1.54) is 25.0 Å². The normalized spacial score (nSPS) is 19.7. The molecule has 0 unspecified atom stereocenters. The largest absolute Gasteiger partial charge is 0.493 e. The van der Waals surface area contributed by atoms with Crippen LogP contribution in [0, 0.1) is 5.82 Å². The summed E-state index contributed by atoms with van der Waals surface area (Å²) >= 11 is 1.64. The highest BCUT2D eigenvalue weighted by atomic mass is 32.2. The first-order valence-electron chi connectivity index (χ1n) is 9.60. The van der Waals surface area contributed by atoms with Crippen LogP contribution in [0.5, 0.6) is 5.75 Å². The second kappa shape index (κ2) is 8.93. The van der Waals surface area contributed by atoms with Gasteiger partial charge < -0.3 is 14.4 Å². The van der Waals surface area contributed by atoms with Gasteiger partial charge >= 0.3 is 0 Å². The molecule has 0 radical (unpaired) electrons. The van der Waals surface area contributed by atoms with Gasteiger partial charge in [0.05, 0.1) is 19.3 Å². The van der Waals surface area contributed by atoms with Crippen LogP contribution in [0.3, 0.4) is 0 Å². The van der Waals surface area contributed by atoms with E-state index in [4.69, 9.17) is 9.47 Å². The molecule has 1 aromatic heterocycles. The summed E-state index contributed by atoms with van der Waals surface area (Å²) in [5.74, 6) is 2.13. The molecule has 2 fully saturated rings. The van der Waals surface area contributed by atoms with Crippen molar-refractivity contribution in [1.29, 1.82) is 0 Å². The van der Waals surface area contributed by atoms with Crippen LogP contribution in [0.15, 0.2) is 29.4 Å². The van der Waals surface area contributed by atoms with E-state index >= 15 is 0 Å². The molecule has 0 spiro atoms. The summed E-state index contributed by atoms with van der Waals surface area (Å²) in [6, 6.07) is 6.10. The maximum Gasteiger partial charge on any atom is 0.228 e. The molecule has 146 valence electrons. The third-order valence-corrected chi connectivity index (χ3v) is 5.82. The Kier molecular flexibility index (Phi) is 6.14. The van der Waals surface area contributed by atoms with Gasteiger partial charge in [-0.3, -0.25) is 4.57 Å². The highest BCUT2D eigenvalue weighted by Crippen LogP contribution is 2.27. The molecule has 1 atom stereocenters. The van der Waals surface area contributed by atoms with E-state index in [2.05, 4.69) is 19.7 Å². The Bertz CT molecular complexity index is 728. The number of nitrogens with zero attached hydrogens (tertiary/aromatic N) is 4. The second-order valence-electron chi connectivity index (χ2n) is 6.87. The van der Waals surface area contributed by atoms with Crippen molar-refractivity contribution < 1.29 is 13.9 Å². The Morgan fingerprint density at radius 1 is 1.15 bits per heavy atom. The Morgan fingerprint density at radius 2 is 1.96 bits per heavy atom. The molecule has 1 aromatic carbocycles. The average Bonchev–Trinajstić information content (AvgIpc) is 3.43. The average molecular weight is 393 g/mol. The molecule has 3 heterocycles. The smallest absolute Gasteiger partial charge is 0.228 e. The molecule has 0 bridgehead atoms. The molecule has 8 heteroatoms. The molecule has 6 nitrogen and oxygen atoms in total. The van der Waals surface area contributed by atoms with Gasteiger partial charge in [0.1, 0.15) is 11.6 Å². The predicted octanol–water partition coefficient (Wildman–Crippen LogP) is 3.37. The maximum absolute atomic E-state index is 12.9. The summed E-state index contributed by atoms with van der Waals surface area (Å²) in [5, 5.41) is 9.81. The Balaban J connectivity index is 1.37. The Labute approximate surface area is 163 Å². The molecule has 27 heavy (non-hydrogen) atoms. The van der Waals surface area contributed by atoms with Crippen molar-refractivity contribution in [3.63, 3.8) is 0 Å². The zero-order chi connectivity index (χ0) is 18.5. The van der Waals surface area contributed by atoms with Gasteiger partial charge in [0, 0.05) is 25.4 Å². The number of ether oxygens (including phenoxy) is 2. The summed E-state index contributed by atoms with van der Waals surface area (Å²) in [5.41, 5.74) is 0. The highest BCUT2D eigenvalue weighted by molar-refractivity contribution is 7.99. The van der Waals surface area contributed by atoms with Crippen LogP contribution >= 0.6 is 11.8 Å². The number of anilines is 1. The van der Waals surface area contributed by atoms with E-state index in [0.29, 0.717) is 12.4 Å². The summed E-state index contributed by atoms with van der Waals surface area (Å²) in [6.45, 7) is 4.27. The van der Waals surface area contributed by atoms with Crippen molar-refractivity contribution in [2.75, 3.05) is 37.0 Å². The lowest BCUT2D eigenvalue weighted by Crippen LogP contribution is -2.25. The number of halogens is 1. The van der Waals surface area contributed by atoms with Crippen LogP contribution in [0.25, 0.3) is 0 Å². The number of aromatic nitrogens is 3. The van der Waals surface area contributed by atoms with Gasteiger partial charge in [0.2, 0.25) is 5.95 Å². The number of hydrogen-bond acceptors (Lipinski definition) is 6. The number of benzene rings is 1. The van der Waals surface area contributed by atoms with Crippen LogP contribution < -0.4 is 9.64 Å². The van der Waals surface area contributed by atoms with E-state index in [9.17, 15) is 4.39 Å². The van der Waals surface area contributed by atoms with Crippen molar-refractivity contribution in [2.24, 2.45) is 0 Å². The number of hydrogen-bond donors (Lipinski definition) is 0. The molecule has 2 aromatic rings. The van der Waals surface area contributed by atoms with Gasteiger partial charge in [-0.25, -0.2) is 4.39 Å². The fourth-order valence-electron chi connectivity index (χ4n) is 3.51. The van der Waals surface area contributed by atoms with Crippen molar-refractivity contribution >= 4 is 17.7 Å². The first kappa shape index (κ1) is 18.6. The Hall–Kier alpha value is -1.80. The monoisotopic (exact) mass is 392 g/mol. The molecule has 2 aliphatic rings. The zero-order valence-corrected chi connectivity index (χ0v) is 16.2. The number of rotatable bonds is 8. The van der Waals surface area contributed by atoms with E-state index in [1.807, 2.05) is 0 Å². The van der Waals surface area contributed by atoms with Crippen molar-refractivity contribution in [3.8, 4) is 5.75 Å². The van der Waals surface area contributed by atoms with Crippen LogP contribution in [-0.4, -0.2) is 52.9 Å². The molecular weight excluding hydrogens is 367 g/mol. The van der Waals surface area contributed by atoms with Crippen LogP contribution in [-0.2, 0) is 11.3 Å². The molecule has 0 N–H and O–H groups in total. The van der Waals surface area contributed by atoms with Gasteiger partial charge in [0.15, 0.2) is 5.16 Å². The van der Waals surface area contributed by atoms with Gasteiger partial charge in [-0.1, -0.05) is 11.8 Å². The lowest BCUT2D eigenvalue weighted by molar-refractivity contribution is 0.0952. The minimum Gasteiger partial charge on any atom is -0.493 e. The first-order chi connectivity index (χ1) is 13.3. The third-order valence-electron chi connectivity index (χ3n) is 4.89. The quantitative estimate of drug-likeness (QED) is 0.507. The number of thioether (sulfide) groups is 1. The standard InChI is InChI=1S/C19H25FN4O2S/c20-15-5-7-16(8-6-15)26-12-13-27-19-22-21-18(23-9-1-2-10-23)24(19)14-17-4-3-11-25-17/h5-8,17H,1-4,9-14H2/t17-/m0/s1. The van der Waals surface area contributed by atoms with Crippen molar-refractivity contribution in [1.82, 2.24) is 14.8 Å². The molecule has 2 saturated heterocycles. The minimum atomic E-state index is -0.256. The lowest BCUT2D eigenvalue weighted by atomic mass is 10.2. The molecule has 0 aliphatic carbocycles. The Morgan fingerprint density at radius 3 is 2.70 bits per heavy atom. The van der Waals surface area contributed by atoms with Crippen molar-refractivity contribution in [2.45, 2.75) is 43.5 Å². The molecule has 0 amide bonds. The molecule has 2 aliphatic heterocycles. The lowest BCUT2D eigenvalue weighted by Gasteiger charge is -2.20. The fourth-order valence-corrected chi connectivity index (χ4v) is 4.27. The van der Waals surface area contributed by atoms with E-state index in [0.717, 1.165) is 55.9 Å². The van der Waals surface area contributed by atoms with E-state index in [1.54, 1.807) is 23.9 Å². The zero-order valence-electron chi connectivity index (χ0n) is 15.3. The van der Waals surface area contributed by atoms with Crippen molar-refractivity contribution in [3.05, 3.63) is 30.1 Å². The highest BCUT2D eigenvalue weighted by Gasteiger charge is 2.25. The summed E-state index contributed by atoms with van der Waals surface area (Å²) in [6.07, 6.45) is 4.88. The SMILES string of the molecule is Fc1ccc(OCCSc2nnc(N3CCCC3)n2C[C@@H]2CCCO2)cc1. The second-order valence-corrected chi connectivity index (χ2v) is 7.94. The molecule has 4 rings (SSSR count). The predicted molar refractivity (Wildman–Crippen MR) is 103 cm³/mol. The van der Waals surface area contributed by atoms with Crippen LogP contribution in [0.1, 0.15) is 25.7 Å². The molecular formula is C19H25FN4O2S. The summed E-state index contributed by atoms with van der Waals surface area (Å²) in [7, 11) is 0. The van der Waals surface area contributed by atoms with E-state index in [-0.39, 0.29) is 11.9 Å². The summed E-state index contributed by atoms with van der Waals surface area (Å²) in [4.78, 5) is 2.32. The first-order valence-corrected chi connectivity index (χ1v) is 10.6. The topological polar surface area (TPSA) is 52.4 Å². The van der Waals surface area contributed by atoms with Gasteiger partial charge in [-0.2, -0.15) is 0 Å². The molecule has 0 saturated carbocycles. The minimum absolute atomic E-state index is 0.247. The third kappa shape index (κ3) is 4.73.